The van der Waals surface area contributed by atoms with Gasteiger partial charge in [-0.15, -0.1) is 0 Å². The number of hydrogen-bond donors (Lipinski definition) is 2. The van der Waals surface area contributed by atoms with Crippen molar-refractivity contribution in [1.82, 2.24) is 9.97 Å². The molecule has 62 valence electrons. The molecule has 1 aliphatic rings. The Hall–Kier alpha value is -1.85. The quantitative estimate of drug-likeness (QED) is 0.381. The van der Waals surface area contributed by atoms with E-state index in [1.165, 1.54) is 0 Å². The third kappa shape index (κ3) is 0.849. The highest BCUT2D eigenvalue weighted by atomic mass is 16.6. The van der Waals surface area contributed by atoms with Crippen LogP contribution in [0, 0.1) is 0 Å². The van der Waals surface area contributed by atoms with Crippen LogP contribution < -0.4 is 5.69 Å². The summed E-state index contributed by atoms with van der Waals surface area (Å²) in [4.78, 5) is 36.8. The maximum Gasteiger partial charge on any atom is 0.364 e. The highest BCUT2D eigenvalue weighted by Crippen LogP contribution is 2.10. The van der Waals surface area contributed by atoms with Crippen molar-refractivity contribution in [3.63, 3.8) is 0 Å². The summed E-state index contributed by atoms with van der Waals surface area (Å²) >= 11 is 0. The first kappa shape index (κ1) is 6.84. The van der Waals surface area contributed by atoms with Crippen LogP contribution in [0.4, 0.5) is 0 Å². The Morgan fingerprint density at radius 1 is 1.17 bits per heavy atom. The van der Waals surface area contributed by atoms with Crippen LogP contribution in [0.25, 0.3) is 0 Å². The summed E-state index contributed by atoms with van der Waals surface area (Å²) in [6.45, 7) is 0. The van der Waals surface area contributed by atoms with Crippen LogP contribution in [0.1, 0.15) is 16.2 Å². The van der Waals surface area contributed by atoms with Gasteiger partial charge in [0, 0.05) is 0 Å². The van der Waals surface area contributed by atoms with Gasteiger partial charge in [-0.25, -0.2) is 9.59 Å². The largest absolute Gasteiger partial charge is 0.388 e. The molecule has 0 amide bonds. The highest BCUT2D eigenvalue weighted by molar-refractivity contribution is 6.00. The molecule has 0 spiro atoms. The average Bonchev–Trinajstić information content (AvgIpc) is 2.29. The molecule has 6 heteroatoms. The van der Waals surface area contributed by atoms with Crippen LogP contribution in [-0.4, -0.2) is 21.9 Å². The van der Waals surface area contributed by atoms with Gasteiger partial charge in [-0.1, -0.05) is 0 Å². The predicted molar refractivity (Wildman–Crippen MR) is 35.5 cm³/mol. The topological polar surface area (TPSA) is 92.0 Å². The van der Waals surface area contributed by atoms with Gasteiger partial charge in [0.05, 0.1) is 12.1 Å². The molecular weight excluding hydrogens is 164 g/mol. The minimum absolute atomic E-state index is 0.0413. The zero-order valence-corrected chi connectivity index (χ0v) is 5.84. The Morgan fingerprint density at radius 2 is 1.92 bits per heavy atom. The van der Waals surface area contributed by atoms with E-state index < -0.39 is 17.6 Å². The van der Waals surface area contributed by atoms with Crippen molar-refractivity contribution in [3.05, 3.63) is 21.9 Å². The van der Waals surface area contributed by atoms with E-state index in [0.29, 0.717) is 5.69 Å². The fourth-order valence-corrected chi connectivity index (χ4v) is 1.06. The van der Waals surface area contributed by atoms with Crippen molar-refractivity contribution >= 4 is 11.9 Å². The van der Waals surface area contributed by atoms with Crippen LogP contribution in [-0.2, 0) is 16.0 Å². The number of H-pyrrole nitrogens is 2. The number of rotatable bonds is 0. The van der Waals surface area contributed by atoms with Crippen molar-refractivity contribution in [1.29, 1.82) is 0 Å². The lowest BCUT2D eigenvalue weighted by Gasteiger charge is -2.07. The lowest BCUT2D eigenvalue weighted by molar-refractivity contribution is -0.137. The number of cyclic esters (lactones) is 2. The molecule has 0 bridgehead atoms. The van der Waals surface area contributed by atoms with E-state index in [1.807, 2.05) is 0 Å². The number of aromatic nitrogens is 2. The van der Waals surface area contributed by atoms with E-state index in [2.05, 4.69) is 14.7 Å². The molecule has 0 radical (unpaired) electrons. The number of carbonyl (C=O) groups excluding carboxylic acids is 2. The molecular formula is C6H4N2O4. The third-order valence-electron chi connectivity index (χ3n) is 1.54. The summed E-state index contributed by atoms with van der Waals surface area (Å²) in [6.07, 6.45) is -0.0696. The Labute approximate surface area is 65.5 Å². The second kappa shape index (κ2) is 2.07. The normalized spacial score (nSPS) is 15.7. The van der Waals surface area contributed by atoms with Crippen molar-refractivity contribution in [2.24, 2.45) is 0 Å². The van der Waals surface area contributed by atoms with E-state index in [9.17, 15) is 14.4 Å². The molecule has 6 nitrogen and oxygen atoms in total. The highest BCUT2D eigenvalue weighted by Gasteiger charge is 2.27. The Morgan fingerprint density at radius 3 is 2.67 bits per heavy atom. The summed E-state index contributed by atoms with van der Waals surface area (Å²) in [6, 6.07) is 0. The second-order valence-electron chi connectivity index (χ2n) is 2.37. The first-order valence-corrected chi connectivity index (χ1v) is 3.23. The van der Waals surface area contributed by atoms with E-state index in [0.717, 1.165) is 0 Å². The number of carbonyl (C=O) groups is 2. The van der Waals surface area contributed by atoms with Gasteiger partial charge in [0.1, 0.15) is 5.69 Å². The van der Waals surface area contributed by atoms with Gasteiger partial charge >= 0.3 is 17.6 Å². The molecule has 0 saturated carbocycles. The Bertz CT molecular complexity index is 413. The maximum atomic E-state index is 10.9. The van der Waals surface area contributed by atoms with Crippen molar-refractivity contribution < 1.29 is 14.3 Å². The van der Waals surface area contributed by atoms with Gasteiger partial charge in [-0.05, 0) is 0 Å². The number of fused-ring (bicyclic) bond motifs is 1. The first-order chi connectivity index (χ1) is 5.66. The van der Waals surface area contributed by atoms with Crippen LogP contribution in [0.3, 0.4) is 0 Å². The molecule has 1 aromatic rings. The van der Waals surface area contributed by atoms with Crippen molar-refractivity contribution in [2.45, 2.75) is 6.42 Å². The number of imidazole rings is 1. The van der Waals surface area contributed by atoms with E-state index in [-0.39, 0.29) is 12.1 Å². The van der Waals surface area contributed by atoms with E-state index in [4.69, 9.17) is 0 Å². The second-order valence-corrected chi connectivity index (χ2v) is 2.37. The fourth-order valence-electron chi connectivity index (χ4n) is 1.06. The summed E-state index contributed by atoms with van der Waals surface area (Å²) in [5.41, 5.74) is -0.174. The number of nitrogens with one attached hydrogen (secondary N) is 2. The maximum absolute atomic E-state index is 10.9. The summed E-state index contributed by atoms with van der Waals surface area (Å²) in [7, 11) is 0. The minimum atomic E-state index is -0.806. The lowest BCUT2D eigenvalue weighted by Crippen LogP contribution is -2.22. The van der Waals surface area contributed by atoms with Gasteiger partial charge in [-0.2, -0.15) is 0 Å². The number of aromatic amines is 2. The molecule has 0 atom stereocenters. The molecule has 0 aromatic carbocycles. The van der Waals surface area contributed by atoms with Gasteiger partial charge < -0.3 is 9.72 Å². The van der Waals surface area contributed by atoms with Gasteiger partial charge in [0.25, 0.3) is 0 Å². The molecule has 0 saturated heterocycles. The summed E-state index contributed by atoms with van der Waals surface area (Å²) in [5.74, 6) is -1.46. The number of esters is 2. The minimum Gasteiger partial charge on any atom is -0.388 e. The molecule has 1 aromatic heterocycles. The summed E-state index contributed by atoms with van der Waals surface area (Å²) < 4.78 is 4.26. The molecule has 0 unspecified atom stereocenters. The summed E-state index contributed by atoms with van der Waals surface area (Å²) in [5, 5.41) is 0. The molecule has 2 rings (SSSR count). The first-order valence-electron chi connectivity index (χ1n) is 3.23. The monoisotopic (exact) mass is 168 g/mol. The van der Waals surface area contributed by atoms with Crippen LogP contribution >= 0.6 is 0 Å². The van der Waals surface area contributed by atoms with Crippen LogP contribution in [0.15, 0.2) is 4.79 Å². The molecule has 2 heterocycles. The van der Waals surface area contributed by atoms with Gasteiger partial charge in [0.15, 0.2) is 0 Å². The molecule has 12 heavy (non-hydrogen) atoms. The van der Waals surface area contributed by atoms with Crippen molar-refractivity contribution in [3.8, 4) is 0 Å². The molecule has 0 fully saturated rings. The van der Waals surface area contributed by atoms with Crippen molar-refractivity contribution in [2.75, 3.05) is 0 Å². The third-order valence-corrected chi connectivity index (χ3v) is 1.54. The fraction of sp³-hybridized carbons (Fsp3) is 0.167. The molecule has 2 N–H and O–H groups in total. The Balaban J connectivity index is 2.60. The zero-order valence-electron chi connectivity index (χ0n) is 5.84. The van der Waals surface area contributed by atoms with Crippen LogP contribution in [0.2, 0.25) is 0 Å². The zero-order chi connectivity index (χ0) is 8.72. The molecule has 0 aliphatic carbocycles. The van der Waals surface area contributed by atoms with Gasteiger partial charge in [0.2, 0.25) is 0 Å². The molecule has 1 aliphatic heterocycles. The smallest absolute Gasteiger partial charge is 0.364 e. The average molecular weight is 168 g/mol. The van der Waals surface area contributed by atoms with Gasteiger partial charge in [-0.3, -0.25) is 9.78 Å². The number of ether oxygens (including phenoxy) is 1. The predicted octanol–water partition coefficient (Wildman–Crippen LogP) is -1.06. The standard InChI is InChI=1S/C6H4N2O4/c9-3-1-2-4(5(10)12-3)8-6(11)7-2/h1H2,(H2,7,8,11). The number of hydrogen-bond acceptors (Lipinski definition) is 4. The van der Waals surface area contributed by atoms with E-state index in [1.54, 1.807) is 0 Å². The SMILES string of the molecule is O=C1Cc2[nH]c(=O)[nH]c2C(=O)O1. The Kier molecular flexibility index (Phi) is 1.18. The van der Waals surface area contributed by atoms with Crippen LogP contribution in [0.5, 0.6) is 0 Å². The van der Waals surface area contributed by atoms with E-state index >= 15 is 0 Å². The lowest BCUT2D eigenvalue weighted by atomic mass is 10.2.